The van der Waals surface area contributed by atoms with Crippen LogP contribution in [0.25, 0.3) is 10.9 Å². The molecule has 0 spiro atoms. The molecule has 1 fully saturated rings. The van der Waals surface area contributed by atoms with E-state index in [1.807, 2.05) is 38.1 Å². The number of primary amides is 1. The van der Waals surface area contributed by atoms with Crippen LogP contribution in [-0.2, 0) is 30.4 Å². The van der Waals surface area contributed by atoms with Crippen LogP contribution in [0.5, 0.6) is 0 Å². The van der Waals surface area contributed by atoms with Gasteiger partial charge in [-0.15, -0.1) is 0 Å². The molecule has 1 aromatic carbocycles. The molecule has 0 radical (unpaired) electrons. The molecule has 206 valence electrons. The lowest BCUT2D eigenvalue weighted by molar-refractivity contribution is -0.142. The van der Waals surface area contributed by atoms with Crippen molar-refractivity contribution in [1.82, 2.24) is 26.3 Å². The molecule has 4 amide bonds. The number of H-pyrrole nitrogens is 1. The summed E-state index contributed by atoms with van der Waals surface area (Å²) in [6.07, 6.45) is 2.92. The van der Waals surface area contributed by atoms with Gasteiger partial charge in [-0.05, 0) is 43.4 Å². The predicted molar refractivity (Wildman–Crippen MR) is 140 cm³/mol. The van der Waals surface area contributed by atoms with E-state index in [9.17, 15) is 29.1 Å². The van der Waals surface area contributed by atoms with E-state index < -0.39 is 54.3 Å². The summed E-state index contributed by atoms with van der Waals surface area (Å²) in [5.74, 6) is -3.93. The van der Waals surface area contributed by atoms with Crippen molar-refractivity contribution in [2.45, 2.75) is 70.1 Å². The minimum atomic E-state index is -1.42. The first-order chi connectivity index (χ1) is 18.0. The van der Waals surface area contributed by atoms with Gasteiger partial charge in [-0.25, -0.2) is 4.79 Å². The van der Waals surface area contributed by atoms with Crippen molar-refractivity contribution in [3.05, 3.63) is 36.0 Å². The third-order valence-corrected chi connectivity index (χ3v) is 6.47. The van der Waals surface area contributed by atoms with Gasteiger partial charge in [0.15, 0.2) is 0 Å². The van der Waals surface area contributed by atoms with E-state index in [2.05, 4.69) is 26.3 Å². The summed E-state index contributed by atoms with van der Waals surface area (Å²) >= 11 is 0. The highest BCUT2D eigenvalue weighted by molar-refractivity contribution is 5.96. The molecule has 2 heterocycles. The number of aromatic amines is 1. The minimum Gasteiger partial charge on any atom is -0.480 e. The van der Waals surface area contributed by atoms with Gasteiger partial charge in [0.2, 0.25) is 23.6 Å². The van der Waals surface area contributed by atoms with Crippen LogP contribution in [0.4, 0.5) is 0 Å². The average Bonchev–Trinajstić information content (AvgIpc) is 3.53. The maximum Gasteiger partial charge on any atom is 0.326 e. The molecule has 4 atom stereocenters. The number of hydrogen-bond acceptors (Lipinski definition) is 6. The van der Waals surface area contributed by atoms with Crippen molar-refractivity contribution in [3.63, 3.8) is 0 Å². The summed E-state index contributed by atoms with van der Waals surface area (Å²) < 4.78 is 0. The molecule has 1 aromatic heterocycles. The number of carboxylic acid groups (broad SMARTS) is 1. The lowest BCUT2D eigenvalue weighted by Gasteiger charge is -2.25. The molecule has 3 rings (SSSR count). The molecule has 4 unspecified atom stereocenters. The molecule has 1 aliphatic rings. The molecule has 38 heavy (non-hydrogen) atoms. The number of aliphatic carboxylic acids is 1. The van der Waals surface area contributed by atoms with Crippen molar-refractivity contribution < 1.29 is 29.1 Å². The maximum absolute atomic E-state index is 13.1. The van der Waals surface area contributed by atoms with Crippen LogP contribution in [0.15, 0.2) is 30.5 Å². The van der Waals surface area contributed by atoms with Crippen LogP contribution in [0.2, 0.25) is 0 Å². The van der Waals surface area contributed by atoms with Crippen LogP contribution < -0.4 is 27.0 Å². The second-order valence-corrected chi connectivity index (χ2v) is 10.0. The lowest BCUT2D eigenvalue weighted by atomic mass is 10.0. The van der Waals surface area contributed by atoms with Gasteiger partial charge in [0.25, 0.3) is 0 Å². The Morgan fingerprint density at radius 2 is 1.71 bits per heavy atom. The molecular weight excluding hydrogens is 492 g/mol. The van der Waals surface area contributed by atoms with E-state index in [-0.39, 0.29) is 18.2 Å². The van der Waals surface area contributed by atoms with Gasteiger partial charge >= 0.3 is 5.97 Å². The first-order valence-electron chi connectivity index (χ1n) is 12.8. The Morgan fingerprint density at radius 1 is 1.03 bits per heavy atom. The van der Waals surface area contributed by atoms with Crippen LogP contribution >= 0.6 is 0 Å². The SMILES string of the molecule is CC(C)CC(NC(=O)C1CCCN1)C(=O)NC(CC(N)=O)C(=O)NC(Cc1c[nH]c2ccccc12)C(=O)O. The standard InChI is InChI=1S/C26H36N6O6/c1-14(2)10-19(30-23(34)18-8-5-9-28-18)24(35)31-20(12-22(27)33)25(36)32-21(26(37)38)11-15-13-29-17-7-4-3-6-16(15)17/h3-4,6-7,13-14,18-21,28-29H,5,8-12H2,1-2H3,(H2,27,33)(H,30,34)(H,31,35)(H,32,36)(H,37,38). The third kappa shape index (κ3) is 7.78. The molecule has 1 aliphatic heterocycles. The van der Waals surface area contributed by atoms with Gasteiger partial charge < -0.3 is 37.1 Å². The van der Waals surface area contributed by atoms with Gasteiger partial charge in [-0.2, -0.15) is 0 Å². The van der Waals surface area contributed by atoms with Crippen LogP contribution in [0, 0.1) is 5.92 Å². The molecular formula is C26H36N6O6. The highest BCUT2D eigenvalue weighted by Crippen LogP contribution is 2.19. The van der Waals surface area contributed by atoms with Gasteiger partial charge in [0, 0.05) is 23.5 Å². The van der Waals surface area contributed by atoms with Gasteiger partial charge in [0.05, 0.1) is 12.5 Å². The number of aromatic nitrogens is 1. The van der Waals surface area contributed by atoms with E-state index in [1.54, 1.807) is 6.20 Å². The fourth-order valence-electron chi connectivity index (χ4n) is 4.56. The van der Waals surface area contributed by atoms with Crippen LogP contribution in [0.3, 0.4) is 0 Å². The summed E-state index contributed by atoms with van der Waals surface area (Å²) in [5, 5.41) is 21.3. The predicted octanol–water partition coefficient (Wildman–Crippen LogP) is -0.0771. The Hall–Kier alpha value is -3.93. The van der Waals surface area contributed by atoms with Crippen molar-refractivity contribution in [2.75, 3.05) is 6.54 Å². The summed E-state index contributed by atoms with van der Waals surface area (Å²) in [6.45, 7) is 4.48. The molecule has 1 saturated heterocycles. The monoisotopic (exact) mass is 528 g/mol. The first-order valence-corrected chi connectivity index (χ1v) is 12.8. The van der Waals surface area contributed by atoms with Crippen molar-refractivity contribution >= 4 is 40.5 Å². The van der Waals surface area contributed by atoms with Crippen LogP contribution in [-0.4, -0.2) is 70.4 Å². The Balaban J connectivity index is 1.72. The summed E-state index contributed by atoms with van der Waals surface area (Å²) in [7, 11) is 0. The average molecular weight is 529 g/mol. The van der Waals surface area contributed by atoms with E-state index in [0.717, 1.165) is 17.3 Å². The minimum absolute atomic E-state index is 0.0251. The quantitative estimate of drug-likeness (QED) is 0.189. The molecule has 0 aliphatic carbocycles. The third-order valence-electron chi connectivity index (χ3n) is 6.47. The van der Waals surface area contributed by atoms with E-state index in [4.69, 9.17) is 5.73 Å². The summed E-state index contributed by atoms with van der Waals surface area (Å²) in [5.41, 5.74) is 6.83. The van der Waals surface area contributed by atoms with Gasteiger partial charge in [-0.1, -0.05) is 32.0 Å². The number of carbonyl (C=O) groups is 5. The van der Waals surface area contributed by atoms with E-state index in [0.29, 0.717) is 24.9 Å². The Bertz CT molecular complexity index is 1170. The fourth-order valence-corrected chi connectivity index (χ4v) is 4.56. The van der Waals surface area contributed by atoms with E-state index >= 15 is 0 Å². The number of carbonyl (C=O) groups excluding carboxylic acids is 4. The zero-order valence-corrected chi connectivity index (χ0v) is 21.6. The number of rotatable bonds is 13. The Labute approximate surface area is 220 Å². The lowest BCUT2D eigenvalue weighted by Crippen LogP contribution is -2.58. The highest BCUT2D eigenvalue weighted by Gasteiger charge is 2.32. The Morgan fingerprint density at radius 3 is 2.34 bits per heavy atom. The maximum atomic E-state index is 13.1. The number of nitrogens with one attached hydrogen (secondary N) is 5. The molecule has 0 bridgehead atoms. The fraction of sp³-hybridized carbons (Fsp3) is 0.500. The number of carboxylic acids is 1. The van der Waals surface area contributed by atoms with E-state index in [1.165, 1.54) is 0 Å². The molecule has 2 aromatic rings. The number of para-hydroxylation sites is 1. The molecule has 12 nitrogen and oxygen atoms in total. The molecule has 12 heteroatoms. The number of benzene rings is 1. The summed E-state index contributed by atoms with van der Waals surface area (Å²) in [4.78, 5) is 65.6. The zero-order chi connectivity index (χ0) is 27.8. The van der Waals surface area contributed by atoms with Crippen molar-refractivity contribution in [3.8, 4) is 0 Å². The first kappa shape index (κ1) is 28.6. The zero-order valence-electron chi connectivity index (χ0n) is 21.6. The van der Waals surface area contributed by atoms with Crippen LogP contribution in [0.1, 0.15) is 45.1 Å². The second kappa shape index (κ2) is 13.0. The number of amides is 4. The number of fused-ring (bicyclic) bond motifs is 1. The topological polar surface area (TPSA) is 196 Å². The normalized spacial score (nSPS) is 17.5. The summed E-state index contributed by atoms with van der Waals surface area (Å²) in [6, 6.07) is 3.26. The molecule has 8 N–H and O–H groups in total. The smallest absolute Gasteiger partial charge is 0.326 e. The van der Waals surface area contributed by atoms with Crippen molar-refractivity contribution in [1.29, 1.82) is 0 Å². The van der Waals surface area contributed by atoms with Gasteiger partial charge in [0.1, 0.15) is 18.1 Å². The highest BCUT2D eigenvalue weighted by atomic mass is 16.4. The second-order valence-electron chi connectivity index (χ2n) is 10.0. The molecule has 0 saturated carbocycles. The Kier molecular flexibility index (Phi) is 9.83. The van der Waals surface area contributed by atoms with Crippen molar-refractivity contribution in [2.24, 2.45) is 11.7 Å². The van der Waals surface area contributed by atoms with Gasteiger partial charge in [-0.3, -0.25) is 19.2 Å². The number of hydrogen-bond donors (Lipinski definition) is 7. The largest absolute Gasteiger partial charge is 0.480 e. The number of nitrogens with two attached hydrogens (primary N) is 1.